The minimum absolute atomic E-state index is 0.626. The van der Waals surface area contributed by atoms with Crippen LogP contribution in [0.1, 0.15) is 22.3 Å². The molecule has 63 heavy (non-hydrogen) atoms. The molecule has 0 bridgehead atoms. The Hall–Kier alpha value is -7.92. The summed E-state index contributed by atoms with van der Waals surface area (Å²) in [7, 11) is 0. The molecule has 0 saturated heterocycles. The van der Waals surface area contributed by atoms with Gasteiger partial charge in [-0.3, -0.25) is 0 Å². The first-order chi connectivity index (χ1) is 31.3. The van der Waals surface area contributed by atoms with E-state index in [0.29, 0.717) is 0 Å². The van der Waals surface area contributed by atoms with E-state index in [1.807, 2.05) is 11.3 Å². The number of nitrogens with zero attached hydrogens (tertiary/aromatic N) is 2. The molecule has 294 valence electrons. The monoisotopic (exact) mass is 820 g/mol. The molecular weight excluding hydrogens is 785 g/mol. The van der Waals surface area contributed by atoms with Crippen molar-refractivity contribution >= 4 is 81.1 Å². The van der Waals surface area contributed by atoms with Crippen molar-refractivity contribution in [3.63, 3.8) is 0 Å². The molecule has 1 spiro atoms. The van der Waals surface area contributed by atoms with E-state index < -0.39 is 5.41 Å². The third-order valence-corrected chi connectivity index (χ3v) is 14.8. The summed E-state index contributed by atoms with van der Waals surface area (Å²) in [6.45, 7) is 0. The Balaban J connectivity index is 1.14. The Morgan fingerprint density at radius 3 is 1.87 bits per heavy atom. The highest BCUT2D eigenvalue weighted by Gasteiger charge is 2.52. The fourth-order valence-corrected chi connectivity index (χ4v) is 12.4. The first-order valence-corrected chi connectivity index (χ1v) is 22.4. The largest absolute Gasteiger partial charge is 0.457 e. The van der Waals surface area contributed by atoms with Gasteiger partial charge < -0.3 is 14.2 Å². The first-order valence-electron chi connectivity index (χ1n) is 21.6. The van der Waals surface area contributed by atoms with Gasteiger partial charge in [-0.1, -0.05) is 152 Å². The van der Waals surface area contributed by atoms with E-state index in [-0.39, 0.29) is 0 Å². The number of para-hydroxylation sites is 4. The van der Waals surface area contributed by atoms with Crippen molar-refractivity contribution in [1.82, 2.24) is 4.57 Å². The standard InChI is InChI=1S/C59H36N2OS/c1-2-17-38(18-3-1)60-49-26-10-6-20-41(49)44-36-39(33-35-50(44)60)61(52-28-14-22-43-42-21-7-13-31-55(42)63-58(43)52)51-27-15-25-47-57(51)56-40-19-5-4-16-37(40)32-34-48(56)59(47)45-23-8-11-29-53(45)62-54-30-12-9-24-46(54)59/h1-36H. The quantitative estimate of drug-likeness (QED) is 0.176. The lowest BCUT2D eigenvalue weighted by Gasteiger charge is -2.39. The van der Waals surface area contributed by atoms with Gasteiger partial charge in [0.05, 0.1) is 32.5 Å². The van der Waals surface area contributed by atoms with Gasteiger partial charge >= 0.3 is 0 Å². The highest BCUT2D eigenvalue weighted by molar-refractivity contribution is 7.26. The Morgan fingerprint density at radius 2 is 1.03 bits per heavy atom. The Labute approximate surface area is 367 Å². The Morgan fingerprint density at radius 1 is 0.413 bits per heavy atom. The Bertz CT molecular complexity index is 3810. The maximum atomic E-state index is 6.77. The first kappa shape index (κ1) is 34.8. The molecule has 3 nitrogen and oxygen atoms in total. The smallest absolute Gasteiger partial charge is 0.132 e. The van der Waals surface area contributed by atoms with Crippen molar-refractivity contribution < 1.29 is 4.74 Å². The van der Waals surface area contributed by atoms with Crippen molar-refractivity contribution in [2.45, 2.75) is 5.41 Å². The molecule has 1 aliphatic carbocycles. The van der Waals surface area contributed by atoms with Gasteiger partial charge in [0.15, 0.2) is 0 Å². The molecule has 2 aromatic heterocycles. The van der Waals surface area contributed by atoms with Gasteiger partial charge in [-0.2, -0.15) is 0 Å². The number of fused-ring (bicyclic) bond motifs is 17. The van der Waals surface area contributed by atoms with Crippen molar-refractivity contribution in [3.05, 3.63) is 241 Å². The van der Waals surface area contributed by atoms with Crippen molar-refractivity contribution in [2.24, 2.45) is 0 Å². The van der Waals surface area contributed by atoms with Crippen LogP contribution >= 0.6 is 11.3 Å². The zero-order chi connectivity index (χ0) is 41.2. The minimum Gasteiger partial charge on any atom is -0.457 e. The van der Waals surface area contributed by atoms with Gasteiger partial charge in [0.1, 0.15) is 11.5 Å². The van der Waals surface area contributed by atoms with Gasteiger partial charge in [-0.05, 0) is 94.2 Å². The van der Waals surface area contributed by atoms with E-state index in [1.165, 1.54) is 75.0 Å². The molecule has 4 heteroatoms. The van der Waals surface area contributed by atoms with Crippen LogP contribution in [0.4, 0.5) is 17.1 Å². The molecule has 0 atom stereocenters. The number of benzene rings is 10. The summed E-state index contributed by atoms with van der Waals surface area (Å²) in [5.41, 5.74) is 13.6. The fourth-order valence-electron chi connectivity index (χ4n) is 11.1. The molecule has 10 aromatic carbocycles. The van der Waals surface area contributed by atoms with Gasteiger partial charge in [0.2, 0.25) is 0 Å². The lowest BCUT2D eigenvalue weighted by molar-refractivity contribution is 0.436. The van der Waals surface area contributed by atoms with Gasteiger partial charge in [0.25, 0.3) is 0 Å². The number of hydrogen-bond donors (Lipinski definition) is 0. The molecule has 0 amide bonds. The van der Waals surface area contributed by atoms with Gasteiger partial charge in [-0.15, -0.1) is 11.3 Å². The van der Waals surface area contributed by atoms with E-state index in [4.69, 9.17) is 4.74 Å². The third kappa shape index (κ3) is 4.68. The summed E-state index contributed by atoms with van der Waals surface area (Å²) >= 11 is 1.88. The van der Waals surface area contributed by atoms with Gasteiger partial charge in [0, 0.05) is 54.3 Å². The number of aromatic nitrogens is 1. The van der Waals surface area contributed by atoms with Crippen LogP contribution in [-0.2, 0) is 5.41 Å². The van der Waals surface area contributed by atoms with E-state index in [0.717, 1.165) is 45.4 Å². The molecule has 1 aliphatic heterocycles. The molecule has 0 fully saturated rings. The minimum atomic E-state index is -0.626. The normalized spacial score (nSPS) is 13.3. The van der Waals surface area contributed by atoms with E-state index in [2.05, 4.69) is 228 Å². The number of anilines is 3. The summed E-state index contributed by atoms with van der Waals surface area (Å²) in [4.78, 5) is 2.56. The lowest BCUT2D eigenvalue weighted by Crippen LogP contribution is -2.32. The van der Waals surface area contributed by atoms with Crippen LogP contribution in [0.3, 0.4) is 0 Å². The molecule has 2 aliphatic rings. The number of hydrogen-bond acceptors (Lipinski definition) is 3. The molecule has 0 radical (unpaired) electrons. The van der Waals surface area contributed by atoms with Crippen LogP contribution in [0.5, 0.6) is 11.5 Å². The summed E-state index contributed by atoms with van der Waals surface area (Å²) in [5, 5.41) is 7.44. The van der Waals surface area contributed by atoms with Crippen molar-refractivity contribution in [1.29, 1.82) is 0 Å². The second-order valence-electron chi connectivity index (χ2n) is 16.7. The summed E-state index contributed by atoms with van der Waals surface area (Å²) in [6, 6.07) is 80.2. The molecule has 14 rings (SSSR count). The van der Waals surface area contributed by atoms with Crippen LogP contribution < -0.4 is 9.64 Å². The predicted octanol–water partition coefficient (Wildman–Crippen LogP) is 16.2. The van der Waals surface area contributed by atoms with E-state index in [9.17, 15) is 0 Å². The SMILES string of the molecule is c1ccc(-n2c3ccccc3c3cc(N(c4cccc5c4-c4c(ccc6ccccc46)C54c5ccccc5Oc5ccccc54)c4cccc5c4sc4ccccc45)ccc32)cc1. The maximum Gasteiger partial charge on any atom is 0.132 e. The second-order valence-corrected chi connectivity index (χ2v) is 17.8. The highest BCUT2D eigenvalue weighted by atomic mass is 32.1. The molecular formula is C59H36N2OS. The van der Waals surface area contributed by atoms with E-state index in [1.54, 1.807) is 0 Å². The molecule has 0 N–H and O–H groups in total. The topological polar surface area (TPSA) is 17.4 Å². The highest BCUT2D eigenvalue weighted by Crippen LogP contribution is 2.65. The summed E-state index contributed by atoms with van der Waals surface area (Å²) in [6.07, 6.45) is 0. The van der Waals surface area contributed by atoms with Crippen molar-refractivity contribution in [2.75, 3.05) is 4.90 Å². The third-order valence-electron chi connectivity index (χ3n) is 13.6. The average molecular weight is 821 g/mol. The zero-order valence-electron chi connectivity index (χ0n) is 34.0. The Kier molecular flexibility index (Phi) is 7.20. The summed E-state index contributed by atoms with van der Waals surface area (Å²) < 4.78 is 11.7. The molecule has 3 heterocycles. The number of ether oxygens (including phenoxy) is 1. The average Bonchev–Trinajstić information content (AvgIpc) is 3.99. The van der Waals surface area contributed by atoms with Crippen LogP contribution in [-0.4, -0.2) is 4.57 Å². The fraction of sp³-hybridized carbons (Fsp3) is 0.0169. The number of thiophene rings is 1. The number of rotatable bonds is 4. The van der Waals surface area contributed by atoms with Crippen LogP contribution in [0.15, 0.2) is 218 Å². The lowest BCUT2D eigenvalue weighted by atomic mass is 9.66. The van der Waals surface area contributed by atoms with Gasteiger partial charge in [-0.25, -0.2) is 0 Å². The van der Waals surface area contributed by atoms with Crippen LogP contribution in [0, 0.1) is 0 Å². The van der Waals surface area contributed by atoms with E-state index >= 15 is 0 Å². The predicted molar refractivity (Wildman–Crippen MR) is 263 cm³/mol. The maximum absolute atomic E-state index is 6.77. The summed E-state index contributed by atoms with van der Waals surface area (Å²) in [5.74, 6) is 1.78. The second kappa shape index (κ2) is 13.0. The van der Waals surface area contributed by atoms with Crippen LogP contribution in [0.2, 0.25) is 0 Å². The van der Waals surface area contributed by atoms with Crippen LogP contribution in [0.25, 0.3) is 69.6 Å². The zero-order valence-corrected chi connectivity index (χ0v) is 34.8. The molecule has 12 aromatic rings. The molecule has 0 saturated carbocycles. The molecule has 0 unspecified atom stereocenters. The van der Waals surface area contributed by atoms with Crippen molar-refractivity contribution in [3.8, 4) is 28.3 Å².